The van der Waals surface area contributed by atoms with Gasteiger partial charge in [-0.3, -0.25) is 14.5 Å². The van der Waals surface area contributed by atoms with Crippen molar-refractivity contribution in [1.82, 2.24) is 9.78 Å². The van der Waals surface area contributed by atoms with E-state index < -0.39 is 12.1 Å². The Kier molecular flexibility index (Phi) is 5.04. The molecule has 1 saturated carbocycles. The number of fused-ring (bicyclic) bond motifs is 1. The Morgan fingerprint density at radius 3 is 2.79 bits per heavy atom. The zero-order chi connectivity index (χ0) is 19.7. The fourth-order valence-electron chi connectivity index (χ4n) is 4.04. The summed E-state index contributed by atoms with van der Waals surface area (Å²) in [5.41, 5.74) is 7.08. The predicted octanol–water partition coefficient (Wildman–Crippen LogP) is 1.98. The van der Waals surface area contributed by atoms with Gasteiger partial charge in [-0.05, 0) is 43.7 Å². The van der Waals surface area contributed by atoms with Crippen LogP contribution >= 0.6 is 0 Å². The van der Waals surface area contributed by atoms with Crippen LogP contribution in [0, 0.1) is 5.92 Å². The molecule has 1 aromatic heterocycles. The molecule has 0 radical (unpaired) electrons. The lowest BCUT2D eigenvalue weighted by atomic mass is 9.87. The highest BCUT2D eigenvalue weighted by atomic mass is 16.5. The third kappa shape index (κ3) is 3.35. The summed E-state index contributed by atoms with van der Waals surface area (Å²) in [5, 5.41) is 15.1. The second-order valence-electron chi connectivity index (χ2n) is 7.37. The van der Waals surface area contributed by atoms with Gasteiger partial charge >= 0.3 is 0 Å². The number of nitrogens with zero attached hydrogens (tertiary/aromatic N) is 4. The molecule has 28 heavy (non-hydrogen) atoms. The van der Waals surface area contributed by atoms with Crippen LogP contribution in [0.3, 0.4) is 0 Å². The lowest BCUT2D eigenvalue weighted by molar-refractivity contribution is -0.119. The van der Waals surface area contributed by atoms with Crippen LogP contribution in [0.25, 0.3) is 10.9 Å². The topological polar surface area (TPSA) is 106 Å². The largest absolute Gasteiger partial charge is 0.494 e. The van der Waals surface area contributed by atoms with Crippen LogP contribution in [0.4, 0.5) is 5.69 Å². The smallest absolute Gasteiger partial charge is 0.263 e. The van der Waals surface area contributed by atoms with E-state index in [2.05, 4.69) is 4.99 Å². The van der Waals surface area contributed by atoms with Gasteiger partial charge in [-0.15, -0.1) is 0 Å². The van der Waals surface area contributed by atoms with E-state index in [0.717, 1.165) is 42.3 Å². The number of ether oxygens (including phenoxy) is 1. The zero-order valence-corrected chi connectivity index (χ0v) is 15.9. The summed E-state index contributed by atoms with van der Waals surface area (Å²) in [7, 11) is 1.59. The number of rotatable bonds is 5. The van der Waals surface area contributed by atoms with Gasteiger partial charge in [0.2, 0.25) is 6.17 Å². The molecule has 0 spiro atoms. The molecule has 1 amide bonds. The molecule has 8 nitrogen and oxygen atoms in total. The summed E-state index contributed by atoms with van der Waals surface area (Å²) in [6.45, 7) is 0.265. The molecule has 0 bridgehead atoms. The van der Waals surface area contributed by atoms with Crippen molar-refractivity contribution in [1.29, 1.82) is 0 Å². The Hall–Kier alpha value is -2.87. The van der Waals surface area contributed by atoms with E-state index in [0.29, 0.717) is 17.7 Å². The van der Waals surface area contributed by atoms with Crippen LogP contribution in [0.1, 0.15) is 31.7 Å². The Balaban J connectivity index is 1.68. The maximum absolute atomic E-state index is 11.8. The van der Waals surface area contributed by atoms with E-state index in [1.807, 2.05) is 23.0 Å². The SMILES string of the molecule is COc1cc2nn(C3CCC(CO)CC3)cc2cc1N1C=CC=NC1C(N)=O. The number of nitrogens with two attached hydrogens (primary N) is 1. The van der Waals surface area contributed by atoms with Gasteiger partial charge in [0, 0.05) is 36.7 Å². The number of hydrogen-bond donors (Lipinski definition) is 2. The summed E-state index contributed by atoms with van der Waals surface area (Å²) in [4.78, 5) is 17.7. The number of carbonyl (C=O) groups excluding carboxylic acids is 1. The number of allylic oxidation sites excluding steroid dienone is 1. The molecule has 148 valence electrons. The minimum absolute atomic E-state index is 0.265. The summed E-state index contributed by atoms with van der Waals surface area (Å²) in [5.74, 6) is 0.485. The normalized spacial score (nSPS) is 24.6. The van der Waals surface area contributed by atoms with Gasteiger partial charge in [-0.25, -0.2) is 0 Å². The van der Waals surface area contributed by atoms with Gasteiger partial charge in [0.1, 0.15) is 5.75 Å². The van der Waals surface area contributed by atoms with Crippen molar-refractivity contribution in [3.8, 4) is 5.75 Å². The maximum atomic E-state index is 11.8. The van der Waals surface area contributed by atoms with E-state index in [1.54, 1.807) is 30.5 Å². The van der Waals surface area contributed by atoms with Crippen LogP contribution < -0.4 is 15.4 Å². The number of aromatic nitrogens is 2. The van der Waals surface area contributed by atoms with Crippen LogP contribution in [-0.4, -0.2) is 46.9 Å². The molecule has 1 aliphatic heterocycles. The second kappa shape index (κ2) is 7.63. The van der Waals surface area contributed by atoms with Crippen LogP contribution in [-0.2, 0) is 4.79 Å². The lowest BCUT2D eigenvalue weighted by Gasteiger charge is -2.28. The van der Waals surface area contributed by atoms with Gasteiger partial charge in [0.15, 0.2) is 0 Å². The molecule has 8 heteroatoms. The summed E-state index contributed by atoms with van der Waals surface area (Å²) in [6.07, 6.45) is 10.4. The van der Waals surface area contributed by atoms with Gasteiger partial charge in [0.05, 0.1) is 24.4 Å². The lowest BCUT2D eigenvalue weighted by Crippen LogP contribution is -2.42. The molecule has 1 atom stereocenters. The molecule has 1 fully saturated rings. The average molecular weight is 383 g/mol. The molecule has 2 aromatic rings. The van der Waals surface area contributed by atoms with Crippen LogP contribution in [0.2, 0.25) is 0 Å². The Morgan fingerprint density at radius 1 is 1.32 bits per heavy atom. The summed E-state index contributed by atoms with van der Waals surface area (Å²) < 4.78 is 7.59. The zero-order valence-electron chi connectivity index (χ0n) is 15.9. The Bertz CT molecular complexity index is 927. The van der Waals surface area contributed by atoms with E-state index in [4.69, 9.17) is 15.6 Å². The summed E-state index contributed by atoms with van der Waals surface area (Å²) in [6, 6.07) is 4.17. The average Bonchev–Trinajstić information content (AvgIpc) is 3.15. The molecule has 1 unspecified atom stereocenters. The summed E-state index contributed by atoms with van der Waals surface area (Å²) >= 11 is 0. The Labute approximate surface area is 163 Å². The molecule has 3 N–H and O–H groups in total. The quantitative estimate of drug-likeness (QED) is 0.821. The first-order valence-electron chi connectivity index (χ1n) is 9.56. The fourth-order valence-corrected chi connectivity index (χ4v) is 4.04. The van der Waals surface area contributed by atoms with E-state index in [-0.39, 0.29) is 6.61 Å². The number of primary amides is 1. The number of hydrogen-bond acceptors (Lipinski definition) is 6. The Morgan fingerprint density at radius 2 is 2.11 bits per heavy atom. The highest BCUT2D eigenvalue weighted by molar-refractivity contribution is 5.92. The number of anilines is 1. The molecule has 1 aliphatic carbocycles. The van der Waals surface area contributed by atoms with Gasteiger partial charge in [-0.2, -0.15) is 5.10 Å². The molecule has 1 aromatic carbocycles. The van der Waals surface area contributed by atoms with Crippen molar-refractivity contribution in [2.45, 2.75) is 37.9 Å². The van der Waals surface area contributed by atoms with E-state index in [9.17, 15) is 9.90 Å². The van der Waals surface area contributed by atoms with Crippen molar-refractivity contribution in [2.24, 2.45) is 16.6 Å². The number of aliphatic imine (C=N–C) groups is 1. The van der Waals surface area contributed by atoms with Crippen molar-refractivity contribution in [3.63, 3.8) is 0 Å². The number of carbonyl (C=O) groups is 1. The predicted molar refractivity (Wildman–Crippen MR) is 107 cm³/mol. The number of methoxy groups -OCH3 is 1. The minimum Gasteiger partial charge on any atom is -0.494 e. The first kappa shape index (κ1) is 18.5. The van der Waals surface area contributed by atoms with Crippen LogP contribution in [0.15, 0.2) is 35.6 Å². The fraction of sp³-hybridized carbons (Fsp3) is 0.450. The van der Waals surface area contributed by atoms with Crippen molar-refractivity contribution in [3.05, 3.63) is 30.6 Å². The van der Waals surface area contributed by atoms with Gasteiger partial charge in [0.25, 0.3) is 5.91 Å². The van der Waals surface area contributed by atoms with Crippen molar-refractivity contribution in [2.75, 3.05) is 18.6 Å². The monoisotopic (exact) mass is 383 g/mol. The van der Waals surface area contributed by atoms with Gasteiger partial charge in [-0.1, -0.05) is 0 Å². The first-order chi connectivity index (χ1) is 13.6. The van der Waals surface area contributed by atoms with Crippen LogP contribution in [0.5, 0.6) is 5.75 Å². The number of aliphatic hydroxyl groups is 1. The first-order valence-corrected chi connectivity index (χ1v) is 9.56. The highest BCUT2D eigenvalue weighted by Crippen LogP contribution is 2.37. The van der Waals surface area contributed by atoms with Crippen molar-refractivity contribution < 1.29 is 14.6 Å². The molecular formula is C20H25N5O3. The minimum atomic E-state index is -0.805. The third-order valence-corrected chi connectivity index (χ3v) is 5.63. The van der Waals surface area contributed by atoms with E-state index in [1.165, 1.54) is 0 Å². The number of aliphatic hydroxyl groups excluding tert-OH is 1. The molecular weight excluding hydrogens is 358 g/mol. The third-order valence-electron chi connectivity index (χ3n) is 5.63. The molecule has 0 saturated heterocycles. The molecule has 4 rings (SSSR count). The van der Waals surface area contributed by atoms with E-state index >= 15 is 0 Å². The highest BCUT2D eigenvalue weighted by Gasteiger charge is 2.27. The molecule has 2 heterocycles. The van der Waals surface area contributed by atoms with Crippen molar-refractivity contribution >= 4 is 28.7 Å². The van der Waals surface area contributed by atoms with Gasteiger partial charge < -0.3 is 20.5 Å². The second-order valence-corrected chi connectivity index (χ2v) is 7.37. The molecule has 2 aliphatic rings. The standard InChI is InChI=1S/C20H25N5O3/c1-28-18-10-16-14(9-17(18)24-8-2-7-22-20(24)19(21)27)11-25(23-16)15-5-3-13(12-26)4-6-15/h2,7-11,13,15,20,26H,3-6,12H2,1H3,(H2,21,27). The number of benzene rings is 1. The number of amides is 1. The maximum Gasteiger partial charge on any atom is 0.263 e.